The first-order valence-corrected chi connectivity index (χ1v) is 10.4. The molecular weight excluding hydrogens is 366 g/mol. The van der Waals surface area contributed by atoms with Gasteiger partial charge in [-0.1, -0.05) is 35.9 Å². The summed E-state index contributed by atoms with van der Waals surface area (Å²) in [7, 11) is -2.80. The van der Waals surface area contributed by atoms with Crippen LogP contribution < -0.4 is 0 Å². The molecule has 1 saturated heterocycles. The van der Waals surface area contributed by atoms with E-state index >= 15 is 0 Å². The van der Waals surface area contributed by atoms with Gasteiger partial charge in [-0.3, -0.25) is 4.79 Å². The van der Waals surface area contributed by atoms with Crippen LogP contribution in [0.4, 0.5) is 0 Å². The molecule has 7 heteroatoms. The molecule has 4 atom stereocenters. The Hall–Kier alpha value is -2.41. The average molecular weight is 387 g/mol. The highest BCUT2D eigenvalue weighted by atomic mass is 32.2. The minimum Gasteiger partial charge on any atom is -0.466 e. The maximum absolute atomic E-state index is 13.3. The van der Waals surface area contributed by atoms with Gasteiger partial charge in [0.05, 0.1) is 29.5 Å². The number of benzene rings is 1. The van der Waals surface area contributed by atoms with Gasteiger partial charge in [-0.05, 0) is 43.7 Å². The van der Waals surface area contributed by atoms with Gasteiger partial charge in [0.25, 0.3) is 10.0 Å². The highest BCUT2D eigenvalue weighted by Gasteiger charge is 2.57. The molecule has 2 heterocycles. The molecule has 0 N–H and O–H groups in total. The van der Waals surface area contributed by atoms with Crippen LogP contribution in [0.15, 0.2) is 53.0 Å². The average Bonchev–Trinajstić information content (AvgIpc) is 2.67. The third-order valence-corrected chi connectivity index (χ3v) is 7.56. The molecule has 1 amide bonds. The number of esters is 1. The Labute approximate surface area is 158 Å². The van der Waals surface area contributed by atoms with Gasteiger partial charge in [0, 0.05) is 0 Å². The fourth-order valence-electron chi connectivity index (χ4n) is 4.48. The second kappa shape index (κ2) is 6.34. The number of sulfonamides is 1. The number of piperidine rings is 1. The molecular formula is C20H21NO5S. The molecule has 5 rings (SSSR count). The zero-order chi connectivity index (χ0) is 19.3. The monoisotopic (exact) mass is 387 g/mol. The van der Waals surface area contributed by atoms with Gasteiger partial charge < -0.3 is 4.74 Å². The molecule has 2 aliphatic carbocycles. The van der Waals surface area contributed by atoms with Crippen LogP contribution in [0.2, 0.25) is 0 Å². The lowest BCUT2D eigenvalue weighted by Gasteiger charge is -2.51. The van der Waals surface area contributed by atoms with Gasteiger partial charge >= 0.3 is 5.97 Å². The lowest BCUT2D eigenvalue weighted by Crippen LogP contribution is -2.62. The molecule has 1 fully saturated rings. The van der Waals surface area contributed by atoms with E-state index in [0.29, 0.717) is 0 Å². The minimum atomic E-state index is -4.07. The number of hydrogen-bond donors (Lipinski definition) is 0. The van der Waals surface area contributed by atoms with Crippen LogP contribution in [0.25, 0.3) is 0 Å². The molecule has 0 saturated carbocycles. The fourth-order valence-corrected chi connectivity index (χ4v) is 6.12. The molecule has 0 aromatic heterocycles. The summed E-state index contributed by atoms with van der Waals surface area (Å²) < 4.78 is 32.5. The van der Waals surface area contributed by atoms with Crippen molar-refractivity contribution >= 4 is 21.9 Å². The molecule has 6 nitrogen and oxygen atoms in total. The van der Waals surface area contributed by atoms with Crippen molar-refractivity contribution in [3.8, 4) is 0 Å². The number of allylic oxidation sites excluding steroid dienone is 2. The summed E-state index contributed by atoms with van der Waals surface area (Å²) in [5.41, 5.74) is 1.20. The highest BCUT2D eigenvalue weighted by Crippen LogP contribution is 2.49. The number of nitrogens with zero attached hydrogens (tertiary/aromatic N) is 1. The first-order valence-electron chi connectivity index (χ1n) is 8.98. The van der Waals surface area contributed by atoms with Crippen molar-refractivity contribution in [2.45, 2.75) is 30.7 Å². The standard InChI is InChI=1S/C20H21NO5S/c1-12-7-9-13(10-8-12)27(24,25)21-18-15-6-4-3-5-14(15)16(19(21)22)11-17(18)20(23)26-2/h3,5,7-11,14-16,18H,4,6H2,1-2H3/t14-,15+,16-,18-/m1/s1. The third-order valence-electron chi connectivity index (χ3n) is 5.77. The van der Waals surface area contributed by atoms with Crippen molar-refractivity contribution in [1.82, 2.24) is 4.31 Å². The van der Waals surface area contributed by atoms with E-state index < -0.39 is 33.9 Å². The number of rotatable bonds is 3. The molecule has 4 aliphatic rings. The van der Waals surface area contributed by atoms with Crippen molar-refractivity contribution in [2.24, 2.45) is 17.8 Å². The summed E-state index contributed by atoms with van der Waals surface area (Å²) in [5.74, 6) is -1.90. The maximum Gasteiger partial charge on any atom is 0.335 e. The number of carbonyl (C=O) groups excluding carboxylic acids is 2. The molecule has 2 aliphatic heterocycles. The second-order valence-corrected chi connectivity index (χ2v) is 9.10. The van der Waals surface area contributed by atoms with Gasteiger partial charge in [0.15, 0.2) is 0 Å². The van der Waals surface area contributed by atoms with E-state index in [-0.39, 0.29) is 22.3 Å². The zero-order valence-electron chi connectivity index (χ0n) is 15.2. The van der Waals surface area contributed by atoms with Crippen molar-refractivity contribution in [1.29, 1.82) is 0 Å². The van der Waals surface area contributed by atoms with E-state index in [1.165, 1.54) is 19.2 Å². The van der Waals surface area contributed by atoms with Gasteiger partial charge in [0.1, 0.15) is 0 Å². The predicted molar refractivity (Wildman–Crippen MR) is 97.9 cm³/mol. The number of ether oxygens (including phenoxy) is 1. The van der Waals surface area contributed by atoms with E-state index in [4.69, 9.17) is 4.74 Å². The number of methoxy groups -OCH3 is 1. The lowest BCUT2D eigenvalue weighted by molar-refractivity contribution is -0.143. The summed E-state index contributed by atoms with van der Waals surface area (Å²) in [5, 5.41) is 0. The summed E-state index contributed by atoms with van der Waals surface area (Å²) in [4.78, 5) is 25.5. The topological polar surface area (TPSA) is 80.8 Å². The molecule has 142 valence electrons. The molecule has 0 spiro atoms. The Morgan fingerprint density at radius 3 is 2.59 bits per heavy atom. The summed E-state index contributed by atoms with van der Waals surface area (Å²) in [6.45, 7) is 1.86. The summed E-state index contributed by atoms with van der Waals surface area (Å²) in [6, 6.07) is 5.57. The predicted octanol–water partition coefficient (Wildman–Crippen LogP) is 2.21. The number of aryl methyl sites for hydroxylation is 1. The Morgan fingerprint density at radius 1 is 1.22 bits per heavy atom. The van der Waals surface area contributed by atoms with Crippen LogP contribution in [0.5, 0.6) is 0 Å². The molecule has 1 aromatic carbocycles. The van der Waals surface area contributed by atoms with Gasteiger partial charge in [0.2, 0.25) is 5.91 Å². The van der Waals surface area contributed by atoms with Crippen LogP contribution >= 0.6 is 0 Å². The first kappa shape index (κ1) is 18.0. The minimum absolute atomic E-state index is 0.0566. The SMILES string of the molecule is COC(=O)C1=C[C@H]2C(=O)N(S(=O)(=O)c3ccc(C)cc3)[C@@H]1[C@H]1CCC=C[C@H]12. The number of carbonyl (C=O) groups is 2. The Balaban J connectivity index is 1.85. The van der Waals surface area contributed by atoms with Gasteiger partial charge in [-0.15, -0.1) is 0 Å². The Morgan fingerprint density at radius 2 is 1.93 bits per heavy atom. The highest BCUT2D eigenvalue weighted by molar-refractivity contribution is 7.89. The van der Waals surface area contributed by atoms with E-state index in [1.807, 2.05) is 19.1 Å². The van der Waals surface area contributed by atoms with Gasteiger partial charge in [-0.2, -0.15) is 0 Å². The summed E-state index contributed by atoms with van der Waals surface area (Å²) in [6.07, 6.45) is 7.15. The number of hydrogen-bond acceptors (Lipinski definition) is 5. The van der Waals surface area contributed by atoms with Crippen LogP contribution in [-0.4, -0.2) is 37.8 Å². The van der Waals surface area contributed by atoms with Crippen molar-refractivity contribution in [3.05, 3.63) is 53.6 Å². The van der Waals surface area contributed by atoms with Crippen molar-refractivity contribution in [2.75, 3.05) is 7.11 Å². The molecule has 0 radical (unpaired) electrons. The van der Waals surface area contributed by atoms with Crippen molar-refractivity contribution < 1.29 is 22.7 Å². The summed E-state index contributed by atoms with van der Waals surface area (Å²) >= 11 is 0. The van der Waals surface area contributed by atoms with Crippen molar-refractivity contribution in [3.63, 3.8) is 0 Å². The largest absolute Gasteiger partial charge is 0.466 e. The second-order valence-electron chi connectivity index (χ2n) is 7.28. The third kappa shape index (κ3) is 2.64. The van der Waals surface area contributed by atoms with Crippen LogP contribution in [-0.2, 0) is 24.3 Å². The quantitative estimate of drug-likeness (QED) is 0.587. The molecule has 1 aromatic rings. The number of amides is 1. The Kier molecular flexibility index (Phi) is 4.22. The van der Waals surface area contributed by atoms with Crippen LogP contribution in [0.3, 0.4) is 0 Å². The van der Waals surface area contributed by atoms with E-state index in [2.05, 4.69) is 0 Å². The normalized spacial score (nSPS) is 29.3. The lowest BCUT2D eigenvalue weighted by atomic mass is 9.63. The molecule has 27 heavy (non-hydrogen) atoms. The van der Waals surface area contributed by atoms with E-state index in [1.54, 1.807) is 18.2 Å². The molecule has 2 bridgehead atoms. The smallest absolute Gasteiger partial charge is 0.335 e. The molecule has 0 unspecified atom stereocenters. The Bertz CT molecular complexity index is 961. The maximum atomic E-state index is 13.3. The zero-order valence-corrected chi connectivity index (χ0v) is 16.0. The number of fused-ring (bicyclic) bond motifs is 1. The fraction of sp³-hybridized carbons (Fsp3) is 0.400. The van der Waals surface area contributed by atoms with E-state index in [9.17, 15) is 18.0 Å². The van der Waals surface area contributed by atoms with Crippen LogP contribution in [0.1, 0.15) is 18.4 Å². The van der Waals surface area contributed by atoms with E-state index in [0.717, 1.165) is 22.7 Å². The first-order chi connectivity index (χ1) is 12.9. The van der Waals surface area contributed by atoms with Crippen LogP contribution in [0, 0.1) is 24.7 Å². The van der Waals surface area contributed by atoms with Gasteiger partial charge in [-0.25, -0.2) is 17.5 Å².